The second-order valence-electron chi connectivity index (χ2n) is 4.77. The molecule has 0 radical (unpaired) electrons. The SMILES string of the molecule is CCOC(=O)CC(C)(c1ccc(F)cc1Cl)N(C)C. The van der Waals surface area contributed by atoms with Gasteiger partial charge in [0.25, 0.3) is 0 Å². The summed E-state index contributed by atoms with van der Waals surface area (Å²) in [6.45, 7) is 3.97. The summed E-state index contributed by atoms with van der Waals surface area (Å²) in [7, 11) is 3.69. The fourth-order valence-corrected chi connectivity index (χ4v) is 2.28. The Hall–Kier alpha value is -1.13. The number of hydrogen-bond acceptors (Lipinski definition) is 3. The van der Waals surface area contributed by atoms with Crippen molar-refractivity contribution in [3.05, 3.63) is 34.6 Å². The second-order valence-corrected chi connectivity index (χ2v) is 5.18. The summed E-state index contributed by atoms with van der Waals surface area (Å²) in [6, 6.07) is 4.20. The maximum Gasteiger partial charge on any atom is 0.308 e. The third-order valence-corrected chi connectivity index (χ3v) is 3.61. The first-order valence-corrected chi connectivity index (χ1v) is 6.47. The minimum absolute atomic E-state index is 0.152. The van der Waals surface area contributed by atoms with Crippen LogP contribution in [0.2, 0.25) is 5.02 Å². The quantitative estimate of drug-likeness (QED) is 0.779. The van der Waals surface area contributed by atoms with E-state index < -0.39 is 11.4 Å². The highest BCUT2D eigenvalue weighted by molar-refractivity contribution is 6.31. The molecule has 1 rings (SSSR count). The van der Waals surface area contributed by atoms with Crippen LogP contribution >= 0.6 is 11.6 Å². The van der Waals surface area contributed by atoms with Gasteiger partial charge in [0.1, 0.15) is 5.82 Å². The molecule has 0 saturated carbocycles. The molecule has 0 bridgehead atoms. The lowest BCUT2D eigenvalue weighted by atomic mass is 9.87. The topological polar surface area (TPSA) is 29.5 Å². The lowest BCUT2D eigenvalue weighted by Gasteiger charge is -2.36. The van der Waals surface area contributed by atoms with Gasteiger partial charge in [0.15, 0.2) is 0 Å². The largest absolute Gasteiger partial charge is 0.466 e. The Labute approximate surface area is 118 Å². The molecule has 0 fully saturated rings. The zero-order chi connectivity index (χ0) is 14.6. The number of benzene rings is 1. The number of halogens is 2. The molecule has 1 aromatic rings. The van der Waals surface area contributed by atoms with Crippen LogP contribution in [-0.2, 0) is 15.1 Å². The number of carbonyl (C=O) groups excluding carboxylic acids is 1. The molecule has 0 heterocycles. The average Bonchev–Trinajstić information content (AvgIpc) is 2.28. The predicted molar refractivity (Wildman–Crippen MR) is 73.7 cm³/mol. The van der Waals surface area contributed by atoms with Crippen molar-refractivity contribution >= 4 is 17.6 Å². The van der Waals surface area contributed by atoms with Crippen LogP contribution in [0.15, 0.2) is 18.2 Å². The monoisotopic (exact) mass is 287 g/mol. The van der Waals surface area contributed by atoms with E-state index in [0.29, 0.717) is 17.2 Å². The van der Waals surface area contributed by atoms with Gasteiger partial charge < -0.3 is 4.74 Å². The molecular weight excluding hydrogens is 269 g/mol. The first-order valence-electron chi connectivity index (χ1n) is 6.10. The fraction of sp³-hybridized carbons (Fsp3) is 0.500. The van der Waals surface area contributed by atoms with Crippen LogP contribution in [0.25, 0.3) is 0 Å². The zero-order valence-electron chi connectivity index (χ0n) is 11.7. The summed E-state index contributed by atoms with van der Waals surface area (Å²) in [4.78, 5) is 13.6. The van der Waals surface area contributed by atoms with Crippen LogP contribution in [0.4, 0.5) is 4.39 Å². The van der Waals surface area contributed by atoms with Gasteiger partial charge in [-0.2, -0.15) is 0 Å². The minimum atomic E-state index is -0.642. The third kappa shape index (κ3) is 3.67. The van der Waals surface area contributed by atoms with Gasteiger partial charge in [0.2, 0.25) is 0 Å². The first-order chi connectivity index (χ1) is 8.81. The van der Waals surface area contributed by atoms with Crippen molar-refractivity contribution in [3.63, 3.8) is 0 Å². The van der Waals surface area contributed by atoms with Crippen molar-refractivity contribution < 1.29 is 13.9 Å². The van der Waals surface area contributed by atoms with E-state index in [2.05, 4.69) is 0 Å². The maximum atomic E-state index is 13.1. The summed E-state index contributed by atoms with van der Waals surface area (Å²) in [6.07, 6.45) is 0.152. The molecule has 0 N–H and O–H groups in total. The van der Waals surface area contributed by atoms with Crippen LogP contribution in [0.3, 0.4) is 0 Å². The maximum absolute atomic E-state index is 13.1. The fourth-order valence-electron chi connectivity index (χ4n) is 1.91. The van der Waals surface area contributed by atoms with Gasteiger partial charge in [0.05, 0.1) is 18.6 Å². The van der Waals surface area contributed by atoms with Gasteiger partial charge in [-0.3, -0.25) is 9.69 Å². The van der Waals surface area contributed by atoms with Crippen LogP contribution < -0.4 is 0 Å². The van der Waals surface area contributed by atoms with E-state index in [1.807, 2.05) is 25.9 Å². The molecule has 0 aliphatic heterocycles. The number of rotatable bonds is 5. The van der Waals surface area contributed by atoms with Gasteiger partial charge in [-0.25, -0.2) is 4.39 Å². The van der Waals surface area contributed by atoms with Crippen molar-refractivity contribution in [1.82, 2.24) is 4.90 Å². The molecule has 5 heteroatoms. The highest BCUT2D eigenvalue weighted by Crippen LogP contribution is 2.35. The normalized spacial score (nSPS) is 14.3. The second kappa shape index (κ2) is 6.35. The van der Waals surface area contributed by atoms with E-state index in [1.54, 1.807) is 13.0 Å². The molecule has 0 amide bonds. The van der Waals surface area contributed by atoms with Crippen molar-refractivity contribution in [1.29, 1.82) is 0 Å². The number of carbonyl (C=O) groups is 1. The van der Waals surface area contributed by atoms with E-state index in [0.717, 1.165) is 0 Å². The Balaban J connectivity index is 3.14. The number of nitrogens with zero attached hydrogens (tertiary/aromatic N) is 1. The van der Waals surface area contributed by atoms with E-state index in [9.17, 15) is 9.18 Å². The molecule has 0 spiro atoms. The number of hydrogen-bond donors (Lipinski definition) is 0. The molecule has 0 aliphatic rings. The highest BCUT2D eigenvalue weighted by Gasteiger charge is 2.34. The van der Waals surface area contributed by atoms with Crippen molar-refractivity contribution in [2.75, 3.05) is 20.7 Å². The molecule has 3 nitrogen and oxygen atoms in total. The lowest BCUT2D eigenvalue weighted by molar-refractivity contribution is -0.146. The third-order valence-electron chi connectivity index (χ3n) is 3.29. The number of ether oxygens (including phenoxy) is 1. The van der Waals surface area contributed by atoms with E-state index in [-0.39, 0.29) is 12.4 Å². The summed E-state index contributed by atoms with van der Waals surface area (Å²) < 4.78 is 18.1. The van der Waals surface area contributed by atoms with Crippen LogP contribution in [0.5, 0.6) is 0 Å². The standard InChI is InChI=1S/C14H19ClFNO2/c1-5-19-13(18)9-14(2,17(3)4)11-7-6-10(16)8-12(11)15/h6-8H,5,9H2,1-4H3. The Bertz CT molecular complexity index is 465. The van der Waals surface area contributed by atoms with Gasteiger partial charge >= 0.3 is 5.97 Å². The summed E-state index contributed by atoms with van der Waals surface area (Å²) >= 11 is 6.10. The average molecular weight is 288 g/mol. The van der Waals surface area contributed by atoms with E-state index >= 15 is 0 Å². The van der Waals surface area contributed by atoms with E-state index in [4.69, 9.17) is 16.3 Å². The molecule has 0 aromatic heterocycles. The van der Waals surface area contributed by atoms with Crippen molar-refractivity contribution in [2.45, 2.75) is 25.8 Å². The molecule has 1 aromatic carbocycles. The molecular formula is C14H19ClFNO2. The Morgan fingerprint density at radius 1 is 1.47 bits per heavy atom. The van der Waals surface area contributed by atoms with Gasteiger partial charge in [-0.05, 0) is 45.6 Å². The van der Waals surface area contributed by atoms with Gasteiger partial charge in [0, 0.05) is 5.02 Å². The number of esters is 1. The van der Waals surface area contributed by atoms with E-state index in [1.165, 1.54) is 12.1 Å². The van der Waals surface area contributed by atoms with Gasteiger partial charge in [-0.15, -0.1) is 0 Å². The smallest absolute Gasteiger partial charge is 0.308 e. The molecule has 0 saturated heterocycles. The Morgan fingerprint density at radius 2 is 2.11 bits per heavy atom. The molecule has 19 heavy (non-hydrogen) atoms. The Morgan fingerprint density at radius 3 is 2.58 bits per heavy atom. The zero-order valence-corrected chi connectivity index (χ0v) is 12.4. The van der Waals surface area contributed by atoms with Crippen LogP contribution in [-0.4, -0.2) is 31.6 Å². The Kier molecular flexibility index (Phi) is 5.32. The highest BCUT2D eigenvalue weighted by atomic mass is 35.5. The minimum Gasteiger partial charge on any atom is -0.466 e. The van der Waals surface area contributed by atoms with Crippen LogP contribution in [0.1, 0.15) is 25.8 Å². The van der Waals surface area contributed by atoms with Crippen LogP contribution in [0, 0.1) is 5.82 Å². The summed E-state index contributed by atoms with van der Waals surface area (Å²) in [5.41, 5.74) is 0.0606. The molecule has 0 aliphatic carbocycles. The summed E-state index contributed by atoms with van der Waals surface area (Å²) in [5.74, 6) is -0.704. The summed E-state index contributed by atoms with van der Waals surface area (Å²) in [5, 5.41) is 0.306. The lowest BCUT2D eigenvalue weighted by Crippen LogP contribution is -2.41. The predicted octanol–water partition coefficient (Wildman–Crippen LogP) is 3.21. The van der Waals surface area contributed by atoms with Crippen molar-refractivity contribution in [2.24, 2.45) is 0 Å². The van der Waals surface area contributed by atoms with Gasteiger partial charge in [-0.1, -0.05) is 17.7 Å². The first kappa shape index (κ1) is 15.9. The van der Waals surface area contributed by atoms with Crippen molar-refractivity contribution in [3.8, 4) is 0 Å². The molecule has 106 valence electrons. The molecule has 1 atom stereocenters. The molecule has 1 unspecified atom stereocenters.